The summed E-state index contributed by atoms with van der Waals surface area (Å²) in [6, 6.07) is 7.88. The molecule has 1 aromatic rings. The molecule has 0 amide bonds. The molecule has 1 aromatic carbocycles. The highest BCUT2D eigenvalue weighted by molar-refractivity contribution is 5.49. The van der Waals surface area contributed by atoms with Gasteiger partial charge in [-0.3, -0.25) is 0 Å². The molecule has 0 saturated carbocycles. The molecule has 1 aliphatic rings. The van der Waals surface area contributed by atoms with Gasteiger partial charge < -0.3 is 15.1 Å². The van der Waals surface area contributed by atoms with Crippen molar-refractivity contribution in [3.8, 4) is 0 Å². The molecule has 106 valence electrons. The van der Waals surface area contributed by atoms with Crippen LogP contribution in [0.5, 0.6) is 0 Å². The Balaban J connectivity index is 2.24. The molecule has 3 nitrogen and oxygen atoms in total. The maximum atomic E-state index is 14.0. The highest BCUT2D eigenvalue weighted by Gasteiger charge is 2.25. The summed E-state index contributed by atoms with van der Waals surface area (Å²) in [4.78, 5) is 4.38. The molecule has 2 unspecified atom stereocenters. The number of rotatable bonds is 3. The Morgan fingerprint density at radius 1 is 1.37 bits per heavy atom. The first kappa shape index (κ1) is 14.3. The van der Waals surface area contributed by atoms with E-state index in [1.54, 1.807) is 12.1 Å². The van der Waals surface area contributed by atoms with E-state index in [0.717, 1.165) is 31.7 Å². The summed E-state index contributed by atoms with van der Waals surface area (Å²) < 4.78 is 14.0. The highest BCUT2D eigenvalue weighted by Crippen LogP contribution is 2.23. The summed E-state index contributed by atoms with van der Waals surface area (Å²) >= 11 is 0. The fraction of sp³-hybridized carbons (Fsp3) is 0.600. The van der Waals surface area contributed by atoms with E-state index in [4.69, 9.17) is 0 Å². The molecule has 0 radical (unpaired) electrons. The first-order valence-corrected chi connectivity index (χ1v) is 6.97. The molecule has 0 aromatic heterocycles. The molecule has 1 fully saturated rings. The molecule has 1 heterocycles. The SMILES string of the molecule is CC1CCN(c2ccccc2F)C(CN(C)C)CN1. The van der Waals surface area contributed by atoms with E-state index in [-0.39, 0.29) is 5.82 Å². The Morgan fingerprint density at radius 2 is 2.11 bits per heavy atom. The van der Waals surface area contributed by atoms with Crippen molar-refractivity contribution in [2.24, 2.45) is 0 Å². The number of benzene rings is 1. The number of para-hydroxylation sites is 1. The zero-order valence-corrected chi connectivity index (χ0v) is 12.1. The van der Waals surface area contributed by atoms with E-state index in [1.165, 1.54) is 0 Å². The Kier molecular flexibility index (Phi) is 4.77. The number of anilines is 1. The third-order valence-corrected chi connectivity index (χ3v) is 3.68. The van der Waals surface area contributed by atoms with Crippen LogP contribution in [0.2, 0.25) is 0 Å². The standard InChI is InChI=1S/C15H24FN3/c1-12-8-9-19(13(10-17-12)11-18(2)3)15-7-5-4-6-14(15)16/h4-7,12-13,17H,8-11H2,1-3H3. The number of nitrogens with one attached hydrogen (secondary N) is 1. The van der Waals surface area contributed by atoms with Gasteiger partial charge in [-0.1, -0.05) is 12.1 Å². The highest BCUT2D eigenvalue weighted by atomic mass is 19.1. The van der Waals surface area contributed by atoms with Crippen molar-refractivity contribution in [2.75, 3.05) is 38.6 Å². The monoisotopic (exact) mass is 265 g/mol. The molecule has 1 N–H and O–H groups in total. The third-order valence-electron chi connectivity index (χ3n) is 3.68. The van der Waals surface area contributed by atoms with Gasteiger partial charge in [-0.05, 0) is 39.6 Å². The van der Waals surface area contributed by atoms with Crippen LogP contribution in [-0.2, 0) is 0 Å². The Morgan fingerprint density at radius 3 is 2.79 bits per heavy atom. The number of nitrogens with zero attached hydrogens (tertiary/aromatic N) is 2. The van der Waals surface area contributed by atoms with Crippen LogP contribution in [-0.4, -0.2) is 50.7 Å². The molecular formula is C15H24FN3. The van der Waals surface area contributed by atoms with Gasteiger partial charge in [-0.25, -0.2) is 4.39 Å². The van der Waals surface area contributed by atoms with E-state index in [9.17, 15) is 4.39 Å². The van der Waals surface area contributed by atoms with Gasteiger partial charge in [0, 0.05) is 25.7 Å². The lowest BCUT2D eigenvalue weighted by Crippen LogP contribution is -2.46. The van der Waals surface area contributed by atoms with E-state index in [0.29, 0.717) is 12.1 Å². The third kappa shape index (κ3) is 3.67. The Bertz CT molecular complexity index is 408. The lowest BCUT2D eigenvalue weighted by molar-refractivity contribution is 0.358. The van der Waals surface area contributed by atoms with Crippen molar-refractivity contribution in [1.29, 1.82) is 0 Å². The van der Waals surface area contributed by atoms with Crippen LogP contribution in [0.3, 0.4) is 0 Å². The van der Waals surface area contributed by atoms with Gasteiger partial charge >= 0.3 is 0 Å². The topological polar surface area (TPSA) is 18.5 Å². The van der Waals surface area contributed by atoms with E-state index >= 15 is 0 Å². The summed E-state index contributed by atoms with van der Waals surface area (Å²) in [7, 11) is 4.13. The van der Waals surface area contributed by atoms with Crippen molar-refractivity contribution in [2.45, 2.75) is 25.4 Å². The molecule has 4 heteroatoms. The Labute approximate surface area is 115 Å². The first-order valence-electron chi connectivity index (χ1n) is 6.97. The van der Waals surface area contributed by atoms with Gasteiger partial charge in [0.2, 0.25) is 0 Å². The maximum Gasteiger partial charge on any atom is 0.146 e. The first-order chi connectivity index (χ1) is 9.08. The van der Waals surface area contributed by atoms with E-state index in [2.05, 4.69) is 36.1 Å². The second-order valence-electron chi connectivity index (χ2n) is 5.66. The minimum atomic E-state index is -0.124. The second-order valence-corrected chi connectivity index (χ2v) is 5.66. The number of hydrogen-bond donors (Lipinski definition) is 1. The van der Waals surface area contributed by atoms with Crippen molar-refractivity contribution in [3.05, 3.63) is 30.1 Å². The van der Waals surface area contributed by atoms with Crippen molar-refractivity contribution in [1.82, 2.24) is 10.2 Å². The zero-order valence-electron chi connectivity index (χ0n) is 12.1. The minimum absolute atomic E-state index is 0.124. The molecule has 2 atom stereocenters. The lowest BCUT2D eigenvalue weighted by Gasteiger charge is -2.33. The molecule has 0 spiro atoms. The summed E-state index contributed by atoms with van der Waals surface area (Å²) in [6.45, 7) is 4.91. The average Bonchev–Trinajstić information content (AvgIpc) is 2.53. The Hall–Kier alpha value is -1.13. The van der Waals surface area contributed by atoms with Gasteiger partial charge in [0.25, 0.3) is 0 Å². The van der Waals surface area contributed by atoms with Crippen LogP contribution in [0.4, 0.5) is 10.1 Å². The normalized spacial score (nSPS) is 24.6. The van der Waals surface area contributed by atoms with Crippen molar-refractivity contribution >= 4 is 5.69 Å². The molecule has 1 aliphatic heterocycles. The molecular weight excluding hydrogens is 241 g/mol. The molecule has 1 saturated heterocycles. The van der Waals surface area contributed by atoms with E-state index < -0.39 is 0 Å². The predicted molar refractivity (Wildman–Crippen MR) is 78.2 cm³/mol. The van der Waals surface area contributed by atoms with Gasteiger partial charge in [0.15, 0.2) is 0 Å². The van der Waals surface area contributed by atoms with Gasteiger partial charge in [-0.2, -0.15) is 0 Å². The number of hydrogen-bond acceptors (Lipinski definition) is 3. The quantitative estimate of drug-likeness (QED) is 0.901. The van der Waals surface area contributed by atoms with Gasteiger partial charge in [-0.15, -0.1) is 0 Å². The van der Waals surface area contributed by atoms with Gasteiger partial charge in [0.05, 0.1) is 11.7 Å². The largest absolute Gasteiger partial charge is 0.364 e. The second kappa shape index (κ2) is 6.35. The fourth-order valence-electron chi connectivity index (χ4n) is 2.65. The smallest absolute Gasteiger partial charge is 0.146 e. The molecule has 19 heavy (non-hydrogen) atoms. The van der Waals surface area contributed by atoms with E-state index in [1.807, 2.05) is 12.1 Å². The van der Waals surface area contributed by atoms with Crippen molar-refractivity contribution in [3.63, 3.8) is 0 Å². The van der Waals surface area contributed by atoms with Crippen LogP contribution in [0.1, 0.15) is 13.3 Å². The van der Waals surface area contributed by atoms with Gasteiger partial charge in [0.1, 0.15) is 5.82 Å². The number of halogens is 1. The zero-order chi connectivity index (χ0) is 13.8. The van der Waals surface area contributed by atoms with Crippen LogP contribution in [0, 0.1) is 5.82 Å². The van der Waals surface area contributed by atoms with Crippen LogP contribution < -0.4 is 10.2 Å². The summed E-state index contributed by atoms with van der Waals surface area (Å²) in [6.07, 6.45) is 1.04. The van der Waals surface area contributed by atoms with Crippen LogP contribution in [0.15, 0.2) is 24.3 Å². The minimum Gasteiger partial charge on any atom is -0.364 e. The van der Waals surface area contributed by atoms with Crippen LogP contribution >= 0.6 is 0 Å². The summed E-state index contributed by atoms with van der Waals surface area (Å²) in [5.74, 6) is -0.124. The average molecular weight is 265 g/mol. The number of likely N-dealkylation sites (N-methyl/N-ethyl adjacent to an activating group) is 1. The molecule has 0 aliphatic carbocycles. The molecule has 0 bridgehead atoms. The molecule has 2 rings (SSSR count). The summed E-state index contributed by atoms with van der Waals surface area (Å²) in [5.41, 5.74) is 0.727. The predicted octanol–water partition coefficient (Wildman–Crippen LogP) is 1.94. The maximum absolute atomic E-state index is 14.0. The lowest BCUT2D eigenvalue weighted by atomic mass is 10.1. The van der Waals surface area contributed by atoms with Crippen molar-refractivity contribution < 1.29 is 4.39 Å². The fourth-order valence-corrected chi connectivity index (χ4v) is 2.65. The summed E-state index contributed by atoms with van der Waals surface area (Å²) in [5, 5.41) is 3.53. The van der Waals surface area contributed by atoms with Crippen LogP contribution in [0.25, 0.3) is 0 Å².